The van der Waals surface area contributed by atoms with Gasteiger partial charge in [0.15, 0.2) is 5.82 Å². The first-order chi connectivity index (χ1) is 12.2. The highest BCUT2D eigenvalue weighted by molar-refractivity contribution is 7.89. The van der Waals surface area contributed by atoms with Gasteiger partial charge in [-0.1, -0.05) is 17.7 Å². The number of hydrogen-bond donors (Lipinski definition) is 1. The smallest absolute Gasteiger partial charge is 0.280 e. The number of alkyl halides is 6. The van der Waals surface area contributed by atoms with Gasteiger partial charge in [-0.2, -0.15) is 26.3 Å². The highest BCUT2D eigenvalue weighted by atomic mass is 35.5. The fourth-order valence-electron chi connectivity index (χ4n) is 1.95. The zero-order valence-electron chi connectivity index (χ0n) is 13.2. The molecule has 27 heavy (non-hydrogen) atoms. The molecule has 2 aromatic rings. The monoisotopic (exact) mass is 433 g/mol. The third kappa shape index (κ3) is 5.02. The summed E-state index contributed by atoms with van der Waals surface area (Å²) in [5, 5.41) is 0.164. The number of hydrazine groups is 1. The molecule has 0 aliphatic rings. The Balaban J connectivity index is 2.31. The van der Waals surface area contributed by atoms with Crippen molar-refractivity contribution in [2.45, 2.75) is 17.2 Å². The maximum Gasteiger partial charge on any atom is 0.417 e. The molecule has 0 saturated carbocycles. The Labute approximate surface area is 154 Å². The van der Waals surface area contributed by atoms with Crippen LogP contribution < -0.4 is 9.84 Å². The summed E-state index contributed by atoms with van der Waals surface area (Å²) in [6, 6.07) is 3.47. The Morgan fingerprint density at radius 1 is 1.04 bits per heavy atom. The Hall–Kier alpha value is -2.05. The Morgan fingerprint density at radius 2 is 1.63 bits per heavy atom. The molecule has 1 heterocycles. The van der Waals surface area contributed by atoms with Crippen LogP contribution in [-0.4, -0.2) is 20.4 Å². The first-order valence-electron chi connectivity index (χ1n) is 6.88. The summed E-state index contributed by atoms with van der Waals surface area (Å²) < 4.78 is 101. The van der Waals surface area contributed by atoms with Gasteiger partial charge in [0.05, 0.1) is 21.0 Å². The van der Waals surface area contributed by atoms with Crippen LogP contribution in [0.2, 0.25) is 5.02 Å². The van der Waals surface area contributed by atoms with Crippen molar-refractivity contribution in [2.75, 3.05) is 12.1 Å². The second-order valence-electron chi connectivity index (χ2n) is 5.21. The van der Waals surface area contributed by atoms with Gasteiger partial charge in [-0.15, -0.1) is 4.83 Å². The maximum atomic E-state index is 12.7. The number of anilines is 1. The van der Waals surface area contributed by atoms with Crippen LogP contribution in [0.25, 0.3) is 0 Å². The van der Waals surface area contributed by atoms with Gasteiger partial charge in [-0.3, -0.25) is 5.01 Å². The lowest BCUT2D eigenvalue weighted by Crippen LogP contribution is -2.40. The molecule has 0 unspecified atom stereocenters. The number of pyridine rings is 1. The second-order valence-corrected chi connectivity index (χ2v) is 7.27. The van der Waals surface area contributed by atoms with E-state index in [4.69, 9.17) is 11.6 Å². The van der Waals surface area contributed by atoms with E-state index in [1.165, 1.54) is 0 Å². The van der Waals surface area contributed by atoms with E-state index >= 15 is 0 Å². The van der Waals surface area contributed by atoms with E-state index in [0.717, 1.165) is 19.2 Å². The summed E-state index contributed by atoms with van der Waals surface area (Å²) in [4.78, 5) is 4.62. The molecule has 5 nitrogen and oxygen atoms in total. The Bertz CT molecular complexity index is 947. The van der Waals surface area contributed by atoms with E-state index < -0.39 is 43.4 Å². The van der Waals surface area contributed by atoms with E-state index in [1.54, 1.807) is 0 Å². The van der Waals surface area contributed by atoms with Gasteiger partial charge in [0.2, 0.25) is 0 Å². The molecule has 1 N–H and O–H groups in total. The largest absolute Gasteiger partial charge is 0.417 e. The molecule has 0 saturated heterocycles. The van der Waals surface area contributed by atoms with Crippen LogP contribution in [0, 0.1) is 0 Å². The average molecular weight is 434 g/mol. The van der Waals surface area contributed by atoms with Gasteiger partial charge in [-0.05, 0) is 24.3 Å². The van der Waals surface area contributed by atoms with Crippen LogP contribution >= 0.6 is 11.6 Å². The number of halogens is 7. The fraction of sp³-hybridized carbons (Fsp3) is 0.214. The molecule has 1 aromatic carbocycles. The van der Waals surface area contributed by atoms with Crippen molar-refractivity contribution in [3.8, 4) is 0 Å². The van der Waals surface area contributed by atoms with Crippen LogP contribution in [0.15, 0.2) is 41.4 Å². The first-order valence-corrected chi connectivity index (χ1v) is 8.74. The number of nitrogens with one attached hydrogen (secondary N) is 1. The van der Waals surface area contributed by atoms with Crippen molar-refractivity contribution in [2.24, 2.45) is 0 Å². The van der Waals surface area contributed by atoms with E-state index in [9.17, 15) is 34.8 Å². The molecule has 0 fully saturated rings. The van der Waals surface area contributed by atoms with Crippen LogP contribution in [0.5, 0.6) is 0 Å². The van der Waals surface area contributed by atoms with E-state index in [2.05, 4.69) is 4.98 Å². The SMILES string of the molecule is CN(NS(=O)(=O)c1cccc(C(F)(F)F)c1)c1ncc(C(F)(F)F)cc1Cl. The van der Waals surface area contributed by atoms with Crippen molar-refractivity contribution in [1.82, 2.24) is 9.82 Å². The van der Waals surface area contributed by atoms with Crippen molar-refractivity contribution in [3.05, 3.63) is 52.7 Å². The lowest BCUT2D eigenvalue weighted by molar-refractivity contribution is -0.138. The second kappa shape index (κ2) is 7.17. The van der Waals surface area contributed by atoms with Crippen molar-refractivity contribution < 1.29 is 34.8 Å². The van der Waals surface area contributed by atoms with E-state index in [0.29, 0.717) is 29.4 Å². The summed E-state index contributed by atoms with van der Waals surface area (Å²) in [6.45, 7) is 0. The fourth-order valence-corrected chi connectivity index (χ4v) is 3.33. The number of benzene rings is 1. The standard InChI is InChI=1S/C14H10ClF6N3O2S/c1-24(12-11(15)6-9(7-22-12)14(19,20)21)23-27(25,26)10-4-2-3-8(5-10)13(16,17)18/h2-7,23H,1H3. The molecule has 13 heteroatoms. The Kier molecular flexibility index (Phi) is 5.64. The predicted octanol–water partition coefficient (Wildman–Crippen LogP) is 4.10. The summed E-state index contributed by atoms with van der Waals surface area (Å²) in [7, 11) is -3.41. The molecule has 0 radical (unpaired) electrons. The topological polar surface area (TPSA) is 62.3 Å². The summed E-state index contributed by atoms with van der Waals surface area (Å²) >= 11 is 5.70. The molecule has 2 rings (SSSR count). The first kappa shape index (κ1) is 21.3. The minimum Gasteiger partial charge on any atom is -0.280 e. The minimum atomic E-state index is -4.75. The van der Waals surface area contributed by atoms with Gasteiger partial charge in [0.1, 0.15) is 0 Å². The summed E-state index contributed by atoms with van der Waals surface area (Å²) in [5.41, 5.74) is -2.33. The Morgan fingerprint density at radius 3 is 2.15 bits per heavy atom. The molecule has 148 valence electrons. The van der Waals surface area contributed by atoms with Crippen LogP contribution in [0.4, 0.5) is 32.2 Å². The number of sulfonamides is 1. The van der Waals surface area contributed by atoms with Gasteiger partial charge < -0.3 is 0 Å². The highest BCUT2D eigenvalue weighted by Gasteiger charge is 2.33. The molecule has 0 aliphatic carbocycles. The van der Waals surface area contributed by atoms with Gasteiger partial charge >= 0.3 is 12.4 Å². The van der Waals surface area contributed by atoms with Crippen LogP contribution in [-0.2, 0) is 22.4 Å². The number of aromatic nitrogens is 1. The van der Waals surface area contributed by atoms with E-state index in [1.807, 2.05) is 4.83 Å². The molecular formula is C14H10ClF6N3O2S. The summed E-state index contributed by atoms with van der Waals surface area (Å²) in [6.07, 6.45) is -9.02. The van der Waals surface area contributed by atoms with Crippen LogP contribution in [0.1, 0.15) is 11.1 Å². The maximum absolute atomic E-state index is 12.7. The highest BCUT2D eigenvalue weighted by Crippen LogP contribution is 2.33. The molecule has 0 amide bonds. The van der Waals surface area contributed by atoms with Gasteiger partial charge in [0, 0.05) is 13.2 Å². The number of rotatable bonds is 4. The molecule has 0 aliphatic heterocycles. The molecule has 1 aromatic heterocycles. The van der Waals surface area contributed by atoms with Crippen molar-refractivity contribution in [1.29, 1.82) is 0 Å². The van der Waals surface area contributed by atoms with Crippen LogP contribution in [0.3, 0.4) is 0 Å². The molecular weight excluding hydrogens is 424 g/mol. The third-order valence-electron chi connectivity index (χ3n) is 3.20. The quantitative estimate of drug-likeness (QED) is 0.582. The van der Waals surface area contributed by atoms with Crippen molar-refractivity contribution >= 4 is 27.4 Å². The molecule has 0 bridgehead atoms. The predicted molar refractivity (Wildman–Crippen MR) is 84.4 cm³/mol. The van der Waals surface area contributed by atoms with Gasteiger partial charge in [-0.25, -0.2) is 13.4 Å². The molecule has 0 spiro atoms. The number of nitrogens with zero attached hydrogens (tertiary/aromatic N) is 2. The zero-order chi connectivity index (χ0) is 20.6. The van der Waals surface area contributed by atoms with E-state index in [-0.39, 0.29) is 5.82 Å². The number of hydrogen-bond acceptors (Lipinski definition) is 4. The van der Waals surface area contributed by atoms with Crippen molar-refractivity contribution in [3.63, 3.8) is 0 Å². The molecule has 0 atom stereocenters. The van der Waals surface area contributed by atoms with Gasteiger partial charge in [0.25, 0.3) is 10.0 Å². The minimum absolute atomic E-state index is 0.375. The summed E-state index contributed by atoms with van der Waals surface area (Å²) in [5.74, 6) is -0.375. The zero-order valence-corrected chi connectivity index (χ0v) is 14.8. The third-order valence-corrected chi connectivity index (χ3v) is 4.86. The lowest BCUT2D eigenvalue weighted by atomic mass is 10.2. The normalized spacial score (nSPS) is 12.9. The lowest BCUT2D eigenvalue weighted by Gasteiger charge is -2.21. The average Bonchev–Trinajstić information content (AvgIpc) is 2.52.